The minimum atomic E-state index is -3.50. The summed E-state index contributed by atoms with van der Waals surface area (Å²) >= 11 is 0. The SMILES string of the molecule is CCOP(=O)(Cc1cc(OC)c([N+](=O)[O-])cc1F)OCC. The van der Waals surface area contributed by atoms with Crippen LogP contribution in [0, 0.1) is 15.9 Å². The molecule has 0 atom stereocenters. The summed E-state index contributed by atoms with van der Waals surface area (Å²) in [6, 6.07) is 1.87. The lowest BCUT2D eigenvalue weighted by Gasteiger charge is -2.17. The molecule has 0 amide bonds. The Hall–Kier alpha value is -1.50. The van der Waals surface area contributed by atoms with Crippen molar-refractivity contribution in [2.45, 2.75) is 20.0 Å². The van der Waals surface area contributed by atoms with Gasteiger partial charge in [0.1, 0.15) is 5.82 Å². The maximum Gasteiger partial charge on any atom is 0.335 e. The van der Waals surface area contributed by atoms with Crippen molar-refractivity contribution >= 4 is 13.3 Å². The third-order valence-electron chi connectivity index (χ3n) is 2.56. The number of nitro benzene ring substituents is 1. The molecule has 0 aliphatic heterocycles. The summed E-state index contributed by atoms with van der Waals surface area (Å²) < 4.78 is 41.3. The molecule has 1 aromatic rings. The quantitative estimate of drug-likeness (QED) is 0.413. The third kappa shape index (κ3) is 4.49. The van der Waals surface area contributed by atoms with Gasteiger partial charge in [-0.25, -0.2) is 4.39 Å². The van der Waals surface area contributed by atoms with Crippen molar-refractivity contribution in [3.8, 4) is 5.75 Å². The number of hydrogen-bond donors (Lipinski definition) is 0. The maximum atomic E-state index is 13.9. The molecule has 0 unspecified atom stereocenters. The van der Waals surface area contributed by atoms with Crippen LogP contribution in [0.2, 0.25) is 0 Å². The molecular weight excluding hydrogens is 304 g/mol. The van der Waals surface area contributed by atoms with Gasteiger partial charge in [-0.2, -0.15) is 0 Å². The van der Waals surface area contributed by atoms with Gasteiger partial charge in [0.15, 0.2) is 5.75 Å². The molecule has 1 rings (SSSR count). The average Bonchev–Trinajstić information content (AvgIpc) is 2.40. The lowest BCUT2D eigenvalue weighted by Crippen LogP contribution is -2.03. The van der Waals surface area contributed by atoms with Gasteiger partial charge in [-0.1, -0.05) is 0 Å². The standard InChI is InChI=1S/C12H17FNO6P/c1-4-19-21(17,20-5-2)8-9-6-12(18-3)11(14(15)16)7-10(9)13/h6-7H,4-5,8H2,1-3H3. The Balaban J connectivity index is 3.18. The van der Waals surface area contributed by atoms with E-state index in [2.05, 4.69) is 0 Å². The van der Waals surface area contributed by atoms with Gasteiger partial charge in [0.25, 0.3) is 0 Å². The first-order chi connectivity index (χ1) is 9.86. The molecule has 0 saturated carbocycles. The van der Waals surface area contributed by atoms with Gasteiger partial charge in [0, 0.05) is 5.56 Å². The van der Waals surface area contributed by atoms with Crippen molar-refractivity contribution in [2.75, 3.05) is 20.3 Å². The topological polar surface area (TPSA) is 87.9 Å². The fourth-order valence-corrected chi connectivity index (χ4v) is 3.45. The zero-order chi connectivity index (χ0) is 16.0. The summed E-state index contributed by atoms with van der Waals surface area (Å²) in [7, 11) is -2.27. The number of nitro groups is 1. The van der Waals surface area contributed by atoms with Crippen LogP contribution in [0.25, 0.3) is 0 Å². The van der Waals surface area contributed by atoms with Gasteiger partial charge in [0.05, 0.1) is 37.5 Å². The van der Waals surface area contributed by atoms with Crippen molar-refractivity contribution in [2.24, 2.45) is 0 Å². The molecule has 0 radical (unpaired) electrons. The van der Waals surface area contributed by atoms with Crippen molar-refractivity contribution in [3.63, 3.8) is 0 Å². The summed E-state index contributed by atoms with van der Waals surface area (Å²) in [4.78, 5) is 10.0. The van der Waals surface area contributed by atoms with E-state index >= 15 is 0 Å². The van der Waals surface area contributed by atoms with Crippen LogP contribution in [0.15, 0.2) is 12.1 Å². The van der Waals surface area contributed by atoms with E-state index in [0.717, 1.165) is 12.1 Å². The molecule has 0 saturated heterocycles. The predicted octanol–water partition coefficient (Wildman–Crippen LogP) is 3.51. The van der Waals surface area contributed by atoms with Gasteiger partial charge in [-0.3, -0.25) is 14.7 Å². The molecule has 9 heteroatoms. The van der Waals surface area contributed by atoms with Gasteiger partial charge >= 0.3 is 13.3 Å². The molecular formula is C12H17FNO6P. The zero-order valence-electron chi connectivity index (χ0n) is 12.0. The second-order valence-corrected chi connectivity index (χ2v) is 6.03. The number of nitrogens with zero attached hydrogens (tertiary/aromatic N) is 1. The number of methoxy groups -OCH3 is 1. The molecule has 0 spiro atoms. The molecule has 0 N–H and O–H groups in total. The second-order valence-electron chi connectivity index (χ2n) is 3.98. The summed E-state index contributed by atoms with van der Waals surface area (Å²) in [5, 5.41) is 10.8. The van der Waals surface area contributed by atoms with E-state index in [0.29, 0.717) is 0 Å². The lowest BCUT2D eigenvalue weighted by molar-refractivity contribution is -0.386. The van der Waals surface area contributed by atoms with Crippen LogP contribution < -0.4 is 4.74 Å². The summed E-state index contributed by atoms with van der Waals surface area (Å²) in [6.45, 7) is 3.56. The van der Waals surface area contributed by atoms with Gasteiger partial charge in [0.2, 0.25) is 0 Å². The van der Waals surface area contributed by atoms with Crippen LogP contribution in [0.1, 0.15) is 19.4 Å². The largest absolute Gasteiger partial charge is 0.490 e. The fraction of sp³-hybridized carbons (Fsp3) is 0.500. The molecule has 7 nitrogen and oxygen atoms in total. The molecule has 21 heavy (non-hydrogen) atoms. The van der Waals surface area contributed by atoms with Crippen molar-refractivity contribution < 1.29 is 27.7 Å². The highest BCUT2D eigenvalue weighted by Gasteiger charge is 2.28. The van der Waals surface area contributed by atoms with Gasteiger partial charge < -0.3 is 13.8 Å². The number of halogens is 1. The van der Waals surface area contributed by atoms with E-state index in [1.54, 1.807) is 13.8 Å². The lowest BCUT2D eigenvalue weighted by atomic mass is 10.2. The predicted molar refractivity (Wildman–Crippen MR) is 74.2 cm³/mol. The van der Waals surface area contributed by atoms with E-state index in [4.69, 9.17) is 13.8 Å². The van der Waals surface area contributed by atoms with E-state index in [1.165, 1.54) is 7.11 Å². The maximum absolute atomic E-state index is 13.9. The van der Waals surface area contributed by atoms with E-state index in [-0.39, 0.29) is 30.7 Å². The van der Waals surface area contributed by atoms with Crippen LogP contribution in [-0.2, 0) is 19.8 Å². The van der Waals surface area contributed by atoms with Crippen molar-refractivity contribution in [1.29, 1.82) is 0 Å². The molecule has 0 bridgehead atoms. The number of ether oxygens (including phenoxy) is 1. The third-order valence-corrected chi connectivity index (χ3v) is 4.59. The number of hydrogen-bond acceptors (Lipinski definition) is 6. The number of benzene rings is 1. The molecule has 0 aliphatic carbocycles. The van der Waals surface area contributed by atoms with Crippen LogP contribution in [0.4, 0.5) is 10.1 Å². The molecule has 0 aromatic heterocycles. The van der Waals surface area contributed by atoms with Crippen molar-refractivity contribution in [3.05, 3.63) is 33.6 Å². The Labute approximate surface area is 121 Å². The highest BCUT2D eigenvalue weighted by Crippen LogP contribution is 2.52. The minimum absolute atomic E-state index is 0.0253. The Bertz CT molecular complexity index is 555. The normalized spacial score (nSPS) is 11.4. The minimum Gasteiger partial charge on any atom is -0.490 e. The molecule has 118 valence electrons. The first-order valence-corrected chi connectivity index (χ1v) is 7.98. The van der Waals surface area contributed by atoms with Gasteiger partial charge in [-0.05, 0) is 19.9 Å². The number of rotatable bonds is 8. The molecule has 1 aromatic carbocycles. The van der Waals surface area contributed by atoms with E-state index < -0.39 is 24.0 Å². The Morgan fingerprint density at radius 1 is 1.29 bits per heavy atom. The van der Waals surface area contributed by atoms with Crippen LogP contribution in [0.5, 0.6) is 5.75 Å². The Kier molecular flexibility index (Phi) is 6.26. The van der Waals surface area contributed by atoms with Crippen LogP contribution >= 0.6 is 7.60 Å². The average molecular weight is 321 g/mol. The fourth-order valence-electron chi connectivity index (χ4n) is 1.74. The molecule has 0 heterocycles. The molecule has 0 aliphatic rings. The summed E-state index contributed by atoms with van der Waals surface area (Å²) in [5.74, 6) is -0.974. The monoisotopic (exact) mass is 321 g/mol. The smallest absolute Gasteiger partial charge is 0.335 e. The van der Waals surface area contributed by atoms with Gasteiger partial charge in [-0.15, -0.1) is 0 Å². The highest BCUT2D eigenvalue weighted by atomic mass is 31.2. The van der Waals surface area contributed by atoms with E-state index in [1.807, 2.05) is 0 Å². The Morgan fingerprint density at radius 2 is 1.86 bits per heavy atom. The second kappa shape index (κ2) is 7.49. The zero-order valence-corrected chi connectivity index (χ0v) is 12.9. The first-order valence-electron chi connectivity index (χ1n) is 6.25. The summed E-state index contributed by atoms with van der Waals surface area (Å²) in [6.07, 6.45) is -0.325. The first kappa shape index (κ1) is 17.6. The summed E-state index contributed by atoms with van der Waals surface area (Å²) in [5.41, 5.74) is -0.524. The highest BCUT2D eigenvalue weighted by molar-refractivity contribution is 7.53. The van der Waals surface area contributed by atoms with E-state index in [9.17, 15) is 19.1 Å². The van der Waals surface area contributed by atoms with Crippen LogP contribution in [0.3, 0.4) is 0 Å². The molecule has 0 fully saturated rings. The Morgan fingerprint density at radius 3 is 2.29 bits per heavy atom. The van der Waals surface area contributed by atoms with Crippen molar-refractivity contribution in [1.82, 2.24) is 0 Å². The van der Waals surface area contributed by atoms with Crippen LogP contribution in [-0.4, -0.2) is 25.2 Å².